The molecule has 0 fully saturated rings. The molecule has 0 aliphatic rings. The molecule has 4 heteroatoms. The molecule has 86 valence electrons. The van der Waals surface area contributed by atoms with Gasteiger partial charge in [0.15, 0.2) is 0 Å². The molecule has 0 aliphatic heterocycles. The highest BCUT2D eigenvalue weighted by Crippen LogP contribution is 2.24. The van der Waals surface area contributed by atoms with Crippen molar-refractivity contribution in [2.24, 2.45) is 0 Å². The van der Waals surface area contributed by atoms with Gasteiger partial charge in [-0.2, -0.15) is 0 Å². The number of rotatable bonds is 3. The summed E-state index contributed by atoms with van der Waals surface area (Å²) < 4.78 is 5.11. The average Bonchev–Trinajstić information content (AvgIpc) is 2.39. The second-order valence-corrected chi connectivity index (χ2v) is 3.46. The highest BCUT2D eigenvalue weighted by atomic mass is 16.5. The van der Waals surface area contributed by atoms with Crippen LogP contribution in [0.4, 0.5) is 5.95 Å². The predicted molar refractivity (Wildman–Crippen MR) is 68.5 cm³/mol. The first-order valence-electron chi connectivity index (χ1n) is 5.14. The van der Waals surface area contributed by atoms with Crippen molar-refractivity contribution >= 4 is 12.0 Å². The van der Waals surface area contributed by atoms with Crippen molar-refractivity contribution in [3.63, 3.8) is 0 Å². The molecular formula is C13H13N3O. The van der Waals surface area contributed by atoms with E-state index in [2.05, 4.69) is 16.5 Å². The van der Waals surface area contributed by atoms with Gasteiger partial charge in [0, 0.05) is 17.3 Å². The van der Waals surface area contributed by atoms with Crippen LogP contribution in [0, 0.1) is 0 Å². The van der Waals surface area contributed by atoms with E-state index in [4.69, 9.17) is 10.5 Å². The number of nitrogens with zero attached hydrogens (tertiary/aromatic N) is 2. The molecule has 2 rings (SSSR count). The second kappa shape index (κ2) is 4.65. The Balaban J connectivity index is 2.50. The van der Waals surface area contributed by atoms with Gasteiger partial charge < -0.3 is 10.5 Å². The van der Waals surface area contributed by atoms with Gasteiger partial charge in [-0.15, -0.1) is 0 Å². The molecule has 0 amide bonds. The van der Waals surface area contributed by atoms with Crippen LogP contribution in [0.1, 0.15) is 5.56 Å². The maximum atomic E-state index is 5.59. The van der Waals surface area contributed by atoms with Gasteiger partial charge in [-0.1, -0.05) is 12.7 Å². The third-order valence-electron chi connectivity index (χ3n) is 2.42. The number of anilines is 1. The highest BCUT2D eigenvalue weighted by Gasteiger charge is 2.06. The SMILES string of the molecule is C=Cc1cnc(N)nc1-c1ccc(OC)cc1. The molecular weight excluding hydrogens is 214 g/mol. The van der Waals surface area contributed by atoms with Gasteiger partial charge >= 0.3 is 0 Å². The normalized spacial score (nSPS) is 9.94. The number of nitrogen functional groups attached to an aromatic ring is 1. The highest BCUT2D eigenvalue weighted by molar-refractivity contribution is 5.71. The molecule has 1 aromatic heterocycles. The number of ether oxygens (including phenoxy) is 1. The van der Waals surface area contributed by atoms with E-state index in [0.29, 0.717) is 0 Å². The zero-order valence-electron chi connectivity index (χ0n) is 9.55. The second-order valence-electron chi connectivity index (χ2n) is 3.46. The molecule has 4 nitrogen and oxygen atoms in total. The van der Waals surface area contributed by atoms with Gasteiger partial charge in [0.25, 0.3) is 0 Å². The fourth-order valence-corrected chi connectivity index (χ4v) is 1.53. The first-order chi connectivity index (χ1) is 8.24. The molecule has 0 saturated carbocycles. The van der Waals surface area contributed by atoms with Crippen molar-refractivity contribution < 1.29 is 4.74 Å². The van der Waals surface area contributed by atoms with Gasteiger partial charge in [-0.25, -0.2) is 9.97 Å². The zero-order valence-corrected chi connectivity index (χ0v) is 9.55. The number of benzene rings is 1. The monoisotopic (exact) mass is 227 g/mol. The molecule has 0 spiro atoms. The van der Waals surface area contributed by atoms with E-state index in [1.165, 1.54) is 0 Å². The van der Waals surface area contributed by atoms with E-state index >= 15 is 0 Å². The van der Waals surface area contributed by atoms with Gasteiger partial charge in [-0.3, -0.25) is 0 Å². The van der Waals surface area contributed by atoms with E-state index in [-0.39, 0.29) is 5.95 Å². The molecule has 0 aliphatic carbocycles. The summed E-state index contributed by atoms with van der Waals surface area (Å²) in [6.07, 6.45) is 3.37. The Morgan fingerprint density at radius 3 is 2.59 bits per heavy atom. The van der Waals surface area contributed by atoms with Crippen LogP contribution >= 0.6 is 0 Å². The van der Waals surface area contributed by atoms with Crippen molar-refractivity contribution in [1.82, 2.24) is 9.97 Å². The van der Waals surface area contributed by atoms with Crippen LogP contribution in [0.3, 0.4) is 0 Å². The zero-order chi connectivity index (χ0) is 12.3. The van der Waals surface area contributed by atoms with Gasteiger partial charge in [-0.05, 0) is 24.3 Å². The lowest BCUT2D eigenvalue weighted by molar-refractivity contribution is 0.415. The number of methoxy groups -OCH3 is 1. The van der Waals surface area contributed by atoms with Crippen molar-refractivity contribution in [1.29, 1.82) is 0 Å². The maximum Gasteiger partial charge on any atom is 0.220 e. The van der Waals surface area contributed by atoms with Crippen LogP contribution in [0.15, 0.2) is 37.0 Å². The number of hydrogen-bond donors (Lipinski definition) is 1. The predicted octanol–water partition coefficient (Wildman–Crippen LogP) is 2.38. The molecule has 0 unspecified atom stereocenters. The molecule has 2 aromatic rings. The van der Waals surface area contributed by atoms with Crippen LogP contribution in [-0.2, 0) is 0 Å². The Bertz CT molecular complexity index is 535. The minimum Gasteiger partial charge on any atom is -0.497 e. The summed E-state index contributed by atoms with van der Waals surface area (Å²) in [6.45, 7) is 3.73. The molecule has 1 aromatic carbocycles. The summed E-state index contributed by atoms with van der Waals surface area (Å²) in [6, 6.07) is 7.60. The van der Waals surface area contributed by atoms with Crippen LogP contribution in [-0.4, -0.2) is 17.1 Å². The Morgan fingerprint density at radius 2 is 2.00 bits per heavy atom. The lowest BCUT2D eigenvalue weighted by Gasteiger charge is -2.06. The molecule has 1 heterocycles. The summed E-state index contributed by atoms with van der Waals surface area (Å²) in [5.41, 5.74) is 8.17. The maximum absolute atomic E-state index is 5.59. The van der Waals surface area contributed by atoms with Crippen molar-refractivity contribution in [3.8, 4) is 17.0 Å². The average molecular weight is 227 g/mol. The summed E-state index contributed by atoms with van der Waals surface area (Å²) in [5, 5.41) is 0. The molecule has 2 N–H and O–H groups in total. The molecule has 0 atom stereocenters. The van der Waals surface area contributed by atoms with E-state index < -0.39 is 0 Å². The van der Waals surface area contributed by atoms with E-state index in [9.17, 15) is 0 Å². The van der Waals surface area contributed by atoms with Gasteiger partial charge in [0.2, 0.25) is 5.95 Å². The third-order valence-corrected chi connectivity index (χ3v) is 2.42. The first kappa shape index (κ1) is 11.1. The van der Waals surface area contributed by atoms with Crippen molar-refractivity contribution in [2.45, 2.75) is 0 Å². The van der Waals surface area contributed by atoms with Crippen molar-refractivity contribution in [3.05, 3.63) is 42.6 Å². The molecule has 0 saturated heterocycles. The fourth-order valence-electron chi connectivity index (χ4n) is 1.53. The smallest absolute Gasteiger partial charge is 0.220 e. The third kappa shape index (κ3) is 2.25. The minimum atomic E-state index is 0.251. The lowest BCUT2D eigenvalue weighted by Crippen LogP contribution is -1.98. The summed E-state index contributed by atoms with van der Waals surface area (Å²) >= 11 is 0. The largest absolute Gasteiger partial charge is 0.497 e. The van der Waals surface area contributed by atoms with Gasteiger partial charge in [0.05, 0.1) is 12.8 Å². The number of hydrogen-bond acceptors (Lipinski definition) is 4. The van der Waals surface area contributed by atoms with E-state index in [1.807, 2.05) is 24.3 Å². The van der Waals surface area contributed by atoms with E-state index in [0.717, 1.165) is 22.6 Å². The van der Waals surface area contributed by atoms with Crippen LogP contribution in [0.2, 0.25) is 0 Å². The van der Waals surface area contributed by atoms with E-state index in [1.54, 1.807) is 19.4 Å². The topological polar surface area (TPSA) is 61.0 Å². The minimum absolute atomic E-state index is 0.251. The lowest BCUT2D eigenvalue weighted by atomic mass is 10.1. The quantitative estimate of drug-likeness (QED) is 0.874. The molecule has 17 heavy (non-hydrogen) atoms. The molecule has 0 radical (unpaired) electrons. The summed E-state index contributed by atoms with van der Waals surface area (Å²) in [5.74, 6) is 1.05. The fraction of sp³-hybridized carbons (Fsp3) is 0.0769. The van der Waals surface area contributed by atoms with Crippen LogP contribution < -0.4 is 10.5 Å². The Morgan fingerprint density at radius 1 is 1.29 bits per heavy atom. The van der Waals surface area contributed by atoms with Crippen LogP contribution in [0.25, 0.3) is 17.3 Å². The standard InChI is InChI=1S/C13H13N3O/c1-3-9-8-15-13(14)16-12(9)10-4-6-11(17-2)7-5-10/h3-8H,1H2,2H3,(H2,14,15,16). The Kier molecular flexibility index (Phi) is 3.05. The Hall–Kier alpha value is -2.36. The van der Waals surface area contributed by atoms with Crippen molar-refractivity contribution in [2.75, 3.05) is 12.8 Å². The number of aromatic nitrogens is 2. The first-order valence-corrected chi connectivity index (χ1v) is 5.14. The van der Waals surface area contributed by atoms with Crippen LogP contribution in [0.5, 0.6) is 5.75 Å². The van der Waals surface area contributed by atoms with Gasteiger partial charge in [0.1, 0.15) is 5.75 Å². The summed E-state index contributed by atoms with van der Waals surface area (Å²) in [4.78, 5) is 8.16. The molecule has 0 bridgehead atoms. The number of nitrogens with two attached hydrogens (primary N) is 1. The summed E-state index contributed by atoms with van der Waals surface area (Å²) in [7, 11) is 1.63. The Labute approximate surface area is 99.8 Å².